The maximum absolute atomic E-state index is 12.2. The molecule has 1 aromatic rings. The number of methoxy groups -OCH3 is 1. The summed E-state index contributed by atoms with van der Waals surface area (Å²) in [6, 6.07) is 7.32. The third-order valence-corrected chi connectivity index (χ3v) is 3.99. The van der Waals surface area contributed by atoms with Gasteiger partial charge < -0.3 is 15.0 Å². The Kier molecular flexibility index (Phi) is 5.64. The van der Waals surface area contributed by atoms with Gasteiger partial charge in [0.05, 0.1) is 5.56 Å². The summed E-state index contributed by atoms with van der Waals surface area (Å²) < 4.78 is 4.85. The summed E-state index contributed by atoms with van der Waals surface area (Å²) >= 11 is 4.29. The van der Waals surface area contributed by atoms with Gasteiger partial charge in [0.2, 0.25) is 5.91 Å². The van der Waals surface area contributed by atoms with E-state index in [-0.39, 0.29) is 24.5 Å². The van der Waals surface area contributed by atoms with Crippen molar-refractivity contribution < 1.29 is 14.3 Å². The van der Waals surface area contributed by atoms with E-state index in [4.69, 9.17) is 4.74 Å². The average Bonchev–Trinajstić information content (AvgIpc) is 2.48. The highest BCUT2D eigenvalue weighted by Crippen LogP contribution is 2.15. The summed E-state index contributed by atoms with van der Waals surface area (Å²) in [7, 11) is 1.51. The van der Waals surface area contributed by atoms with E-state index in [9.17, 15) is 9.59 Å². The number of hydrogen-bond donors (Lipinski definition) is 2. The molecule has 0 spiro atoms. The van der Waals surface area contributed by atoms with Gasteiger partial charge in [0, 0.05) is 31.1 Å². The molecule has 1 N–H and O–H groups in total. The second-order valence-corrected chi connectivity index (χ2v) is 5.56. The lowest BCUT2D eigenvalue weighted by Gasteiger charge is -2.32. The standard InChI is InChI=1S/C15H20N2O3S/c1-20-10-14(18)17-8-6-11(7-9-17)16-15(19)12-4-2-3-5-13(12)21/h2-5,11,21H,6-10H2,1H3,(H,16,19). The number of ether oxygens (including phenoxy) is 1. The molecule has 6 heteroatoms. The van der Waals surface area contributed by atoms with Gasteiger partial charge in [0.1, 0.15) is 6.61 Å². The molecule has 0 saturated carbocycles. The molecule has 2 amide bonds. The maximum Gasteiger partial charge on any atom is 0.252 e. The highest BCUT2D eigenvalue weighted by Gasteiger charge is 2.24. The largest absolute Gasteiger partial charge is 0.375 e. The number of amides is 2. The third kappa shape index (κ3) is 4.22. The minimum atomic E-state index is -0.109. The number of nitrogens with zero attached hydrogens (tertiary/aromatic N) is 1. The first-order valence-electron chi connectivity index (χ1n) is 6.97. The van der Waals surface area contributed by atoms with Gasteiger partial charge in [-0.1, -0.05) is 12.1 Å². The van der Waals surface area contributed by atoms with Crippen LogP contribution in [-0.2, 0) is 9.53 Å². The third-order valence-electron chi connectivity index (χ3n) is 3.60. The summed E-state index contributed by atoms with van der Waals surface area (Å²) in [6.45, 7) is 1.41. The van der Waals surface area contributed by atoms with Crippen molar-refractivity contribution in [2.24, 2.45) is 0 Å². The summed E-state index contributed by atoms with van der Waals surface area (Å²) in [4.78, 5) is 26.3. The maximum atomic E-state index is 12.2. The Hall–Kier alpha value is -1.53. The van der Waals surface area contributed by atoms with Crippen LogP contribution in [0.2, 0.25) is 0 Å². The lowest BCUT2D eigenvalue weighted by atomic mass is 10.0. The van der Waals surface area contributed by atoms with E-state index in [0.717, 1.165) is 12.8 Å². The van der Waals surface area contributed by atoms with E-state index in [1.165, 1.54) is 7.11 Å². The number of thiol groups is 1. The zero-order valence-corrected chi connectivity index (χ0v) is 12.9. The number of likely N-dealkylation sites (tertiary alicyclic amines) is 1. The van der Waals surface area contributed by atoms with E-state index >= 15 is 0 Å². The Morgan fingerprint density at radius 3 is 2.62 bits per heavy atom. The van der Waals surface area contributed by atoms with E-state index in [1.807, 2.05) is 12.1 Å². The second-order valence-electron chi connectivity index (χ2n) is 5.08. The van der Waals surface area contributed by atoms with Crippen LogP contribution in [0.3, 0.4) is 0 Å². The normalized spacial score (nSPS) is 15.8. The van der Waals surface area contributed by atoms with Crippen molar-refractivity contribution in [3.8, 4) is 0 Å². The quantitative estimate of drug-likeness (QED) is 0.825. The predicted molar refractivity (Wildman–Crippen MR) is 82.6 cm³/mol. The van der Waals surface area contributed by atoms with Crippen LogP contribution in [0.15, 0.2) is 29.2 Å². The highest BCUT2D eigenvalue weighted by atomic mass is 32.1. The van der Waals surface area contributed by atoms with E-state index in [0.29, 0.717) is 23.5 Å². The molecule has 1 saturated heterocycles. The van der Waals surface area contributed by atoms with E-state index in [1.54, 1.807) is 17.0 Å². The predicted octanol–water partition coefficient (Wildman–Crippen LogP) is 1.34. The Morgan fingerprint density at radius 2 is 2.00 bits per heavy atom. The van der Waals surface area contributed by atoms with Gasteiger partial charge in [0.25, 0.3) is 5.91 Å². The summed E-state index contributed by atoms with van der Waals surface area (Å²) in [6.07, 6.45) is 1.52. The van der Waals surface area contributed by atoms with Crippen LogP contribution in [0.25, 0.3) is 0 Å². The van der Waals surface area contributed by atoms with Crippen molar-refractivity contribution in [3.05, 3.63) is 29.8 Å². The monoisotopic (exact) mass is 308 g/mol. The Bertz CT molecular complexity index is 513. The molecule has 0 atom stereocenters. The number of piperidine rings is 1. The van der Waals surface area contributed by atoms with Crippen LogP contribution in [0.4, 0.5) is 0 Å². The molecule has 1 aliphatic rings. The lowest BCUT2D eigenvalue weighted by Crippen LogP contribution is -2.47. The number of benzene rings is 1. The molecule has 0 bridgehead atoms. The molecule has 1 aromatic carbocycles. The first kappa shape index (κ1) is 15.9. The second kappa shape index (κ2) is 7.47. The van der Waals surface area contributed by atoms with Crippen molar-refractivity contribution in [2.45, 2.75) is 23.8 Å². The topological polar surface area (TPSA) is 58.6 Å². The SMILES string of the molecule is COCC(=O)N1CCC(NC(=O)c2ccccc2S)CC1. The molecule has 21 heavy (non-hydrogen) atoms. The van der Waals surface area contributed by atoms with Crippen LogP contribution >= 0.6 is 12.6 Å². The van der Waals surface area contributed by atoms with Gasteiger partial charge in [-0.3, -0.25) is 9.59 Å². The molecule has 0 radical (unpaired) electrons. The summed E-state index contributed by atoms with van der Waals surface area (Å²) in [5, 5.41) is 3.01. The van der Waals surface area contributed by atoms with E-state index in [2.05, 4.69) is 17.9 Å². The molecule has 114 valence electrons. The molecule has 1 fully saturated rings. The average molecular weight is 308 g/mol. The van der Waals surface area contributed by atoms with Gasteiger partial charge in [-0.05, 0) is 25.0 Å². The summed E-state index contributed by atoms with van der Waals surface area (Å²) in [5.74, 6) is -0.106. The fourth-order valence-electron chi connectivity index (χ4n) is 2.42. The van der Waals surface area contributed by atoms with Crippen LogP contribution in [0, 0.1) is 0 Å². The van der Waals surface area contributed by atoms with Crippen LogP contribution in [-0.4, -0.2) is 49.6 Å². The zero-order chi connectivity index (χ0) is 15.2. The molecule has 0 unspecified atom stereocenters. The number of rotatable bonds is 4. The minimum Gasteiger partial charge on any atom is -0.375 e. The van der Waals surface area contributed by atoms with Gasteiger partial charge in [0.15, 0.2) is 0 Å². The molecule has 0 aromatic heterocycles. The number of carbonyl (C=O) groups is 2. The number of carbonyl (C=O) groups excluding carboxylic acids is 2. The van der Waals surface area contributed by atoms with Gasteiger partial charge in [-0.2, -0.15) is 0 Å². The Morgan fingerprint density at radius 1 is 1.33 bits per heavy atom. The first-order chi connectivity index (χ1) is 10.1. The van der Waals surface area contributed by atoms with Gasteiger partial charge >= 0.3 is 0 Å². The molecule has 0 aliphatic carbocycles. The number of hydrogen-bond acceptors (Lipinski definition) is 4. The molecule has 5 nitrogen and oxygen atoms in total. The van der Waals surface area contributed by atoms with Crippen LogP contribution in [0.1, 0.15) is 23.2 Å². The Balaban J connectivity index is 1.85. The van der Waals surface area contributed by atoms with Crippen LogP contribution < -0.4 is 5.32 Å². The lowest BCUT2D eigenvalue weighted by molar-refractivity contribution is -0.136. The molecule has 1 aliphatic heterocycles. The molecular weight excluding hydrogens is 288 g/mol. The Labute approximate surface area is 130 Å². The van der Waals surface area contributed by atoms with E-state index < -0.39 is 0 Å². The van der Waals surface area contributed by atoms with Crippen LogP contribution in [0.5, 0.6) is 0 Å². The molecule has 1 heterocycles. The van der Waals surface area contributed by atoms with Gasteiger partial charge in [-0.15, -0.1) is 12.6 Å². The van der Waals surface area contributed by atoms with Crippen molar-refractivity contribution in [1.82, 2.24) is 10.2 Å². The van der Waals surface area contributed by atoms with Crippen molar-refractivity contribution in [2.75, 3.05) is 26.8 Å². The van der Waals surface area contributed by atoms with Crippen molar-refractivity contribution in [3.63, 3.8) is 0 Å². The molecular formula is C15H20N2O3S. The minimum absolute atomic E-state index is 0.00276. The smallest absolute Gasteiger partial charge is 0.252 e. The van der Waals surface area contributed by atoms with Crippen molar-refractivity contribution >= 4 is 24.4 Å². The fourth-order valence-corrected chi connectivity index (χ4v) is 2.68. The van der Waals surface area contributed by atoms with Gasteiger partial charge in [-0.25, -0.2) is 0 Å². The summed E-state index contributed by atoms with van der Waals surface area (Å²) in [5.41, 5.74) is 0.582. The first-order valence-corrected chi connectivity index (χ1v) is 7.42. The van der Waals surface area contributed by atoms with Crippen molar-refractivity contribution in [1.29, 1.82) is 0 Å². The number of nitrogens with one attached hydrogen (secondary N) is 1. The zero-order valence-electron chi connectivity index (χ0n) is 12.0. The fraction of sp³-hybridized carbons (Fsp3) is 0.467. The molecule has 2 rings (SSSR count). The highest BCUT2D eigenvalue weighted by molar-refractivity contribution is 7.80.